The molecule has 2 N–H and O–H groups in total. The SMILES string of the molecule is CCCCCCC(C(=O)O)C(C)CC(C)(C)C(=O)O. The van der Waals surface area contributed by atoms with Crippen LogP contribution in [0.3, 0.4) is 0 Å². The van der Waals surface area contributed by atoms with Crippen molar-refractivity contribution in [3.8, 4) is 0 Å². The number of hydrogen-bond acceptors (Lipinski definition) is 2. The lowest BCUT2D eigenvalue weighted by Crippen LogP contribution is -2.31. The molecular formula is C15H28O4. The van der Waals surface area contributed by atoms with Crippen LogP contribution in [0.2, 0.25) is 0 Å². The van der Waals surface area contributed by atoms with Crippen molar-refractivity contribution in [1.82, 2.24) is 0 Å². The van der Waals surface area contributed by atoms with Gasteiger partial charge in [0, 0.05) is 0 Å². The predicted molar refractivity (Wildman–Crippen MR) is 75.1 cm³/mol. The maximum atomic E-state index is 11.3. The Morgan fingerprint density at radius 2 is 1.68 bits per heavy atom. The van der Waals surface area contributed by atoms with Crippen LogP contribution in [0.1, 0.15) is 66.2 Å². The summed E-state index contributed by atoms with van der Waals surface area (Å²) in [5, 5.41) is 18.4. The predicted octanol–water partition coefficient (Wildman–Crippen LogP) is 3.79. The molecule has 0 bridgehead atoms. The quantitative estimate of drug-likeness (QED) is 0.593. The number of rotatable bonds is 10. The molecule has 112 valence electrons. The van der Waals surface area contributed by atoms with Crippen LogP contribution in [0.4, 0.5) is 0 Å². The Kier molecular flexibility index (Phi) is 7.72. The highest BCUT2D eigenvalue weighted by molar-refractivity contribution is 5.74. The maximum absolute atomic E-state index is 11.3. The van der Waals surface area contributed by atoms with Gasteiger partial charge in [-0.25, -0.2) is 0 Å². The van der Waals surface area contributed by atoms with E-state index in [4.69, 9.17) is 5.11 Å². The van der Waals surface area contributed by atoms with E-state index in [1.165, 1.54) is 0 Å². The van der Waals surface area contributed by atoms with Gasteiger partial charge in [0.25, 0.3) is 0 Å². The van der Waals surface area contributed by atoms with E-state index in [1.54, 1.807) is 13.8 Å². The van der Waals surface area contributed by atoms with Gasteiger partial charge in [-0.15, -0.1) is 0 Å². The topological polar surface area (TPSA) is 74.6 Å². The number of carboxylic acids is 2. The molecule has 0 saturated heterocycles. The largest absolute Gasteiger partial charge is 0.481 e. The summed E-state index contributed by atoms with van der Waals surface area (Å²) in [6, 6.07) is 0. The molecule has 0 spiro atoms. The first-order chi connectivity index (χ1) is 8.72. The van der Waals surface area contributed by atoms with Gasteiger partial charge in [-0.2, -0.15) is 0 Å². The lowest BCUT2D eigenvalue weighted by atomic mass is 9.77. The molecule has 4 nitrogen and oxygen atoms in total. The van der Waals surface area contributed by atoms with Crippen LogP contribution in [-0.2, 0) is 9.59 Å². The molecule has 0 aliphatic heterocycles. The maximum Gasteiger partial charge on any atom is 0.309 e. The molecule has 0 aliphatic carbocycles. The van der Waals surface area contributed by atoms with E-state index in [0.29, 0.717) is 12.8 Å². The number of carbonyl (C=O) groups is 2. The van der Waals surface area contributed by atoms with Gasteiger partial charge in [0.2, 0.25) is 0 Å². The summed E-state index contributed by atoms with van der Waals surface area (Å²) in [6.07, 6.45) is 5.25. The van der Waals surface area contributed by atoms with E-state index in [1.807, 2.05) is 6.92 Å². The third-order valence-corrected chi connectivity index (χ3v) is 3.78. The van der Waals surface area contributed by atoms with Gasteiger partial charge in [0.1, 0.15) is 0 Å². The normalized spacial score (nSPS) is 14.9. The van der Waals surface area contributed by atoms with Crippen molar-refractivity contribution in [3.05, 3.63) is 0 Å². The molecule has 0 amide bonds. The second kappa shape index (κ2) is 8.18. The van der Waals surface area contributed by atoms with Gasteiger partial charge >= 0.3 is 11.9 Å². The molecule has 0 fully saturated rings. The third-order valence-electron chi connectivity index (χ3n) is 3.78. The van der Waals surface area contributed by atoms with Crippen LogP contribution in [0.25, 0.3) is 0 Å². The summed E-state index contributed by atoms with van der Waals surface area (Å²) in [5.74, 6) is -2.22. The van der Waals surface area contributed by atoms with Crippen molar-refractivity contribution in [2.75, 3.05) is 0 Å². The first-order valence-electron chi connectivity index (χ1n) is 7.18. The summed E-state index contributed by atoms with van der Waals surface area (Å²) in [7, 11) is 0. The Bertz CT molecular complexity index is 297. The average Bonchev–Trinajstić information content (AvgIpc) is 2.27. The molecule has 0 radical (unpaired) electrons. The Balaban J connectivity index is 4.45. The Morgan fingerprint density at radius 3 is 2.11 bits per heavy atom. The molecule has 0 aromatic rings. The van der Waals surface area contributed by atoms with E-state index in [-0.39, 0.29) is 5.92 Å². The number of aliphatic carboxylic acids is 2. The highest BCUT2D eigenvalue weighted by Crippen LogP contribution is 2.32. The van der Waals surface area contributed by atoms with Crippen molar-refractivity contribution < 1.29 is 19.8 Å². The molecule has 0 aromatic carbocycles. The van der Waals surface area contributed by atoms with Crippen LogP contribution in [0.5, 0.6) is 0 Å². The van der Waals surface area contributed by atoms with Crippen LogP contribution in [0.15, 0.2) is 0 Å². The van der Waals surface area contributed by atoms with Gasteiger partial charge < -0.3 is 10.2 Å². The van der Waals surface area contributed by atoms with Crippen LogP contribution in [-0.4, -0.2) is 22.2 Å². The summed E-state index contributed by atoms with van der Waals surface area (Å²) in [6.45, 7) is 7.28. The Morgan fingerprint density at radius 1 is 1.11 bits per heavy atom. The van der Waals surface area contributed by atoms with Crippen LogP contribution in [0, 0.1) is 17.3 Å². The fourth-order valence-electron chi connectivity index (χ4n) is 2.48. The molecule has 19 heavy (non-hydrogen) atoms. The zero-order valence-corrected chi connectivity index (χ0v) is 12.6. The fourth-order valence-corrected chi connectivity index (χ4v) is 2.48. The second-order valence-corrected chi connectivity index (χ2v) is 6.16. The molecule has 0 rings (SSSR count). The number of hydrogen-bond donors (Lipinski definition) is 2. The van der Waals surface area contributed by atoms with E-state index >= 15 is 0 Å². The molecule has 0 aliphatic rings. The van der Waals surface area contributed by atoms with E-state index < -0.39 is 23.3 Å². The third kappa shape index (κ3) is 6.60. The first kappa shape index (κ1) is 17.9. The molecule has 0 aromatic heterocycles. The minimum absolute atomic E-state index is 0.120. The van der Waals surface area contributed by atoms with Gasteiger partial charge in [-0.1, -0.05) is 39.5 Å². The van der Waals surface area contributed by atoms with E-state index in [2.05, 4.69) is 6.92 Å². The number of carboxylic acid groups (broad SMARTS) is 2. The highest BCUT2D eigenvalue weighted by Gasteiger charge is 2.34. The van der Waals surface area contributed by atoms with Gasteiger partial charge in [-0.05, 0) is 32.6 Å². The van der Waals surface area contributed by atoms with E-state index in [0.717, 1.165) is 25.7 Å². The van der Waals surface area contributed by atoms with Crippen LogP contribution >= 0.6 is 0 Å². The summed E-state index contributed by atoms with van der Waals surface area (Å²) in [5.41, 5.74) is -0.865. The summed E-state index contributed by atoms with van der Waals surface area (Å²) in [4.78, 5) is 22.4. The van der Waals surface area contributed by atoms with Gasteiger partial charge in [0.15, 0.2) is 0 Å². The van der Waals surface area contributed by atoms with E-state index in [9.17, 15) is 14.7 Å². The second-order valence-electron chi connectivity index (χ2n) is 6.16. The Labute approximate surface area is 116 Å². The highest BCUT2D eigenvalue weighted by atomic mass is 16.4. The lowest BCUT2D eigenvalue weighted by Gasteiger charge is -2.27. The molecule has 0 heterocycles. The van der Waals surface area contributed by atoms with Crippen molar-refractivity contribution in [2.45, 2.75) is 66.2 Å². The fraction of sp³-hybridized carbons (Fsp3) is 0.867. The van der Waals surface area contributed by atoms with Crippen LogP contribution < -0.4 is 0 Å². The zero-order chi connectivity index (χ0) is 15.1. The lowest BCUT2D eigenvalue weighted by molar-refractivity contribution is -0.151. The smallest absolute Gasteiger partial charge is 0.309 e. The monoisotopic (exact) mass is 272 g/mol. The molecule has 0 saturated carbocycles. The first-order valence-corrected chi connectivity index (χ1v) is 7.18. The molecule has 2 atom stereocenters. The van der Waals surface area contributed by atoms with Crippen molar-refractivity contribution >= 4 is 11.9 Å². The molecule has 4 heteroatoms. The minimum atomic E-state index is -0.866. The zero-order valence-electron chi connectivity index (χ0n) is 12.6. The van der Waals surface area contributed by atoms with Gasteiger partial charge in [-0.3, -0.25) is 9.59 Å². The Hall–Kier alpha value is -1.06. The molecule has 2 unspecified atom stereocenters. The molecular weight excluding hydrogens is 244 g/mol. The summed E-state index contributed by atoms with van der Waals surface area (Å²) < 4.78 is 0. The average molecular weight is 272 g/mol. The van der Waals surface area contributed by atoms with Crippen molar-refractivity contribution in [2.24, 2.45) is 17.3 Å². The van der Waals surface area contributed by atoms with Gasteiger partial charge in [0.05, 0.1) is 11.3 Å². The van der Waals surface area contributed by atoms with Crippen molar-refractivity contribution in [3.63, 3.8) is 0 Å². The minimum Gasteiger partial charge on any atom is -0.481 e. The van der Waals surface area contributed by atoms with Crippen molar-refractivity contribution in [1.29, 1.82) is 0 Å². The standard InChI is InChI=1S/C15H28O4/c1-5-6-7-8-9-12(13(16)17)11(2)10-15(3,4)14(18)19/h11-12H,5-10H2,1-4H3,(H,16,17)(H,18,19). The summed E-state index contributed by atoms with van der Waals surface area (Å²) >= 11 is 0. The number of unbranched alkanes of at least 4 members (excludes halogenated alkanes) is 3.